The Morgan fingerprint density at radius 3 is 2.78 bits per heavy atom. The minimum absolute atomic E-state index is 0.0477. The molecule has 2 heterocycles. The Morgan fingerprint density at radius 1 is 1.39 bits per heavy atom. The molecule has 0 amide bonds. The molecule has 1 atom stereocenters. The zero-order valence-corrected chi connectivity index (χ0v) is 11.1. The van der Waals surface area contributed by atoms with E-state index in [-0.39, 0.29) is 22.0 Å². The molecule has 5 nitrogen and oxygen atoms in total. The summed E-state index contributed by atoms with van der Waals surface area (Å²) < 4.78 is 1.58. The van der Waals surface area contributed by atoms with Crippen LogP contribution in [0.25, 0.3) is 11.2 Å². The molecular weight excluding hydrogens is 275 g/mol. The van der Waals surface area contributed by atoms with E-state index in [1.165, 1.54) is 6.20 Å². The molecule has 0 spiro atoms. The van der Waals surface area contributed by atoms with Gasteiger partial charge in [-0.25, -0.2) is 9.97 Å². The van der Waals surface area contributed by atoms with E-state index in [4.69, 9.17) is 23.2 Å². The van der Waals surface area contributed by atoms with Gasteiger partial charge in [-0.3, -0.25) is 9.36 Å². The molecule has 0 aromatic carbocycles. The number of hydrogen-bond donors (Lipinski definition) is 0. The SMILES string of the molecule is C[C@@H](C1CC1)n1c(=O)c(Cl)nc2cnc(Cl)nc21. The summed E-state index contributed by atoms with van der Waals surface area (Å²) in [4.78, 5) is 24.1. The number of rotatable bonds is 2. The molecular formula is C11H10Cl2N4O. The number of nitrogens with zero attached hydrogens (tertiary/aromatic N) is 4. The Hall–Kier alpha value is -1.20. The molecule has 0 saturated heterocycles. The quantitative estimate of drug-likeness (QED) is 0.795. The van der Waals surface area contributed by atoms with Crippen LogP contribution in [0.3, 0.4) is 0 Å². The van der Waals surface area contributed by atoms with Crippen LogP contribution in [0, 0.1) is 5.92 Å². The summed E-state index contributed by atoms with van der Waals surface area (Å²) in [6.07, 6.45) is 3.72. The maximum absolute atomic E-state index is 12.1. The lowest BCUT2D eigenvalue weighted by atomic mass is 10.2. The molecule has 7 heteroatoms. The van der Waals surface area contributed by atoms with Gasteiger partial charge in [0.25, 0.3) is 5.56 Å². The highest BCUT2D eigenvalue weighted by Gasteiger charge is 2.31. The molecule has 18 heavy (non-hydrogen) atoms. The second-order valence-electron chi connectivity index (χ2n) is 4.50. The number of halogens is 2. The summed E-state index contributed by atoms with van der Waals surface area (Å²) in [5.74, 6) is 0.498. The van der Waals surface area contributed by atoms with Gasteiger partial charge in [-0.15, -0.1) is 0 Å². The molecule has 0 unspecified atom stereocenters. The van der Waals surface area contributed by atoms with Crippen molar-refractivity contribution in [2.75, 3.05) is 0 Å². The minimum Gasteiger partial charge on any atom is -0.285 e. The summed E-state index contributed by atoms with van der Waals surface area (Å²) in [7, 11) is 0. The monoisotopic (exact) mass is 284 g/mol. The van der Waals surface area contributed by atoms with Gasteiger partial charge >= 0.3 is 0 Å². The van der Waals surface area contributed by atoms with Crippen LogP contribution in [0.5, 0.6) is 0 Å². The third kappa shape index (κ3) is 1.87. The fourth-order valence-electron chi connectivity index (χ4n) is 2.12. The molecule has 1 aliphatic rings. The standard InChI is InChI=1S/C11H10Cl2N4O/c1-5(6-2-3-6)17-9-7(4-14-11(13)16-9)15-8(12)10(17)18/h4-6H,2-3H2,1H3/t5-/m0/s1. The van der Waals surface area contributed by atoms with Crippen molar-refractivity contribution >= 4 is 34.4 Å². The Balaban J connectivity index is 2.34. The molecule has 0 N–H and O–H groups in total. The van der Waals surface area contributed by atoms with Crippen molar-refractivity contribution in [3.05, 3.63) is 27.0 Å². The second kappa shape index (κ2) is 4.17. The first kappa shape index (κ1) is 11.9. The van der Waals surface area contributed by atoms with E-state index in [1.54, 1.807) is 4.57 Å². The van der Waals surface area contributed by atoms with Crippen molar-refractivity contribution in [3.8, 4) is 0 Å². The minimum atomic E-state index is -0.321. The lowest BCUT2D eigenvalue weighted by molar-refractivity contribution is 0.482. The van der Waals surface area contributed by atoms with Crippen molar-refractivity contribution in [1.82, 2.24) is 19.5 Å². The summed E-state index contributed by atoms with van der Waals surface area (Å²) in [6.45, 7) is 1.99. The van der Waals surface area contributed by atoms with Crippen molar-refractivity contribution in [3.63, 3.8) is 0 Å². The van der Waals surface area contributed by atoms with Crippen LogP contribution in [0.1, 0.15) is 25.8 Å². The lowest BCUT2D eigenvalue weighted by Gasteiger charge is -2.16. The molecule has 1 aliphatic carbocycles. The van der Waals surface area contributed by atoms with Gasteiger partial charge in [0.05, 0.1) is 6.20 Å². The predicted molar refractivity (Wildman–Crippen MR) is 69.0 cm³/mol. The van der Waals surface area contributed by atoms with E-state index in [9.17, 15) is 4.79 Å². The van der Waals surface area contributed by atoms with E-state index < -0.39 is 0 Å². The van der Waals surface area contributed by atoms with E-state index in [1.807, 2.05) is 6.92 Å². The van der Waals surface area contributed by atoms with Crippen LogP contribution in [0.15, 0.2) is 11.0 Å². The highest BCUT2D eigenvalue weighted by atomic mass is 35.5. The first-order valence-electron chi connectivity index (χ1n) is 5.68. The van der Waals surface area contributed by atoms with Gasteiger partial charge in [0, 0.05) is 6.04 Å². The normalized spacial score (nSPS) is 17.1. The zero-order valence-electron chi connectivity index (χ0n) is 9.60. The number of aromatic nitrogens is 4. The number of hydrogen-bond acceptors (Lipinski definition) is 4. The van der Waals surface area contributed by atoms with Crippen molar-refractivity contribution in [1.29, 1.82) is 0 Å². The van der Waals surface area contributed by atoms with Gasteiger partial charge < -0.3 is 0 Å². The van der Waals surface area contributed by atoms with E-state index in [0.29, 0.717) is 17.1 Å². The average molecular weight is 285 g/mol. The molecule has 2 aromatic rings. The van der Waals surface area contributed by atoms with Gasteiger partial charge in [0.2, 0.25) is 5.28 Å². The van der Waals surface area contributed by atoms with Crippen LogP contribution in [-0.4, -0.2) is 19.5 Å². The smallest absolute Gasteiger partial charge is 0.285 e. The van der Waals surface area contributed by atoms with Crippen LogP contribution >= 0.6 is 23.2 Å². The third-order valence-corrected chi connectivity index (χ3v) is 3.70. The molecule has 2 aromatic heterocycles. The van der Waals surface area contributed by atoms with E-state index in [0.717, 1.165) is 12.8 Å². The van der Waals surface area contributed by atoms with Crippen LogP contribution in [0.2, 0.25) is 10.4 Å². The van der Waals surface area contributed by atoms with Crippen molar-refractivity contribution in [2.24, 2.45) is 5.92 Å². The summed E-state index contributed by atoms with van der Waals surface area (Å²) in [5, 5.41) is 0.0451. The maximum atomic E-state index is 12.1. The topological polar surface area (TPSA) is 60.7 Å². The number of fused-ring (bicyclic) bond motifs is 1. The van der Waals surface area contributed by atoms with Crippen LogP contribution < -0.4 is 5.56 Å². The molecule has 0 bridgehead atoms. The Morgan fingerprint density at radius 2 is 2.11 bits per heavy atom. The average Bonchev–Trinajstić information content (AvgIpc) is 3.15. The largest absolute Gasteiger partial charge is 0.290 e. The van der Waals surface area contributed by atoms with Crippen molar-refractivity contribution < 1.29 is 0 Å². The molecule has 1 fully saturated rings. The van der Waals surface area contributed by atoms with Gasteiger partial charge in [-0.05, 0) is 37.3 Å². The molecule has 94 valence electrons. The highest BCUT2D eigenvalue weighted by molar-refractivity contribution is 6.29. The highest BCUT2D eigenvalue weighted by Crippen LogP contribution is 2.39. The van der Waals surface area contributed by atoms with Gasteiger partial charge in [0.1, 0.15) is 5.52 Å². The van der Waals surface area contributed by atoms with E-state index >= 15 is 0 Å². The Kier molecular flexibility index (Phi) is 2.75. The second-order valence-corrected chi connectivity index (χ2v) is 5.20. The predicted octanol–water partition coefficient (Wildman–Crippen LogP) is 2.46. The first-order chi connectivity index (χ1) is 8.58. The van der Waals surface area contributed by atoms with Crippen molar-refractivity contribution in [2.45, 2.75) is 25.8 Å². The third-order valence-electron chi connectivity index (χ3n) is 3.27. The summed E-state index contributed by atoms with van der Waals surface area (Å²) in [6, 6.07) is 0.0477. The maximum Gasteiger partial charge on any atom is 0.290 e. The fraction of sp³-hybridized carbons (Fsp3) is 0.455. The summed E-state index contributed by atoms with van der Waals surface area (Å²) in [5.41, 5.74) is 0.610. The van der Waals surface area contributed by atoms with Gasteiger partial charge in [-0.1, -0.05) is 11.6 Å². The lowest BCUT2D eigenvalue weighted by Crippen LogP contribution is -2.27. The zero-order chi connectivity index (χ0) is 12.9. The molecule has 3 rings (SSSR count). The summed E-state index contributed by atoms with van der Waals surface area (Å²) >= 11 is 11.7. The van der Waals surface area contributed by atoms with Gasteiger partial charge in [-0.2, -0.15) is 4.98 Å². The molecule has 1 saturated carbocycles. The van der Waals surface area contributed by atoms with E-state index in [2.05, 4.69) is 15.0 Å². The Bertz CT molecular complexity index is 681. The molecule has 0 radical (unpaired) electrons. The van der Waals surface area contributed by atoms with Crippen LogP contribution in [0.4, 0.5) is 0 Å². The first-order valence-corrected chi connectivity index (χ1v) is 6.44. The Labute approximate surface area is 113 Å². The van der Waals surface area contributed by atoms with Crippen LogP contribution in [-0.2, 0) is 0 Å². The fourth-order valence-corrected chi connectivity index (χ4v) is 2.43. The molecule has 0 aliphatic heterocycles. The van der Waals surface area contributed by atoms with Gasteiger partial charge in [0.15, 0.2) is 10.8 Å².